The fourth-order valence-corrected chi connectivity index (χ4v) is 0.403. The largest absolute Gasteiger partial charge is 0.329 e. The Morgan fingerprint density at radius 2 is 0.929 bits per heavy atom. The number of amides is 4. The smallest absolute Gasteiger partial charge is 0.274 e. The second-order valence-corrected chi connectivity index (χ2v) is 2.27. The number of hydrazine groups is 2. The monoisotopic (exact) mass is 202 g/mol. The van der Waals surface area contributed by atoms with Gasteiger partial charge in [-0.25, -0.2) is 0 Å². The lowest BCUT2D eigenvalue weighted by molar-refractivity contribution is -0.142. The van der Waals surface area contributed by atoms with Crippen molar-refractivity contribution in [1.29, 1.82) is 0 Å². The van der Waals surface area contributed by atoms with Gasteiger partial charge in [0.05, 0.1) is 0 Å². The normalized spacial score (nSPS) is 8.43. The first-order valence-electron chi connectivity index (χ1n) is 3.57. The number of nitrogens with one attached hydrogen (secondary N) is 4. The Morgan fingerprint density at radius 3 is 1.14 bits per heavy atom. The highest BCUT2D eigenvalue weighted by Gasteiger charge is 2.12. The number of hydrogen-bond donors (Lipinski definition) is 4. The Bertz CT molecular complexity index is 247. The van der Waals surface area contributed by atoms with Crippen molar-refractivity contribution in [2.75, 3.05) is 0 Å². The van der Waals surface area contributed by atoms with Crippen LogP contribution in [-0.2, 0) is 19.2 Å². The molecule has 0 aliphatic carbocycles. The van der Waals surface area contributed by atoms with Crippen molar-refractivity contribution < 1.29 is 19.2 Å². The molecular weight excluding hydrogens is 192 g/mol. The molecule has 0 unspecified atom stereocenters. The summed E-state index contributed by atoms with van der Waals surface area (Å²) in [5.41, 5.74) is 7.41. The third-order valence-corrected chi connectivity index (χ3v) is 0.910. The molecule has 0 heterocycles. The van der Waals surface area contributed by atoms with E-state index < -0.39 is 23.6 Å². The van der Waals surface area contributed by atoms with E-state index in [1.165, 1.54) is 0 Å². The number of carbonyl (C=O) groups is 4. The third-order valence-electron chi connectivity index (χ3n) is 0.910. The Kier molecular flexibility index (Phi) is 4.68. The predicted molar refractivity (Wildman–Crippen MR) is 43.9 cm³/mol. The molecule has 0 aromatic heterocycles. The zero-order valence-corrected chi connectivity index (χ0v) is 7.63. The van der Waals surface area contributed by atoms with Gasteiger partial charge in [0.2, 0.25) is 11.8 Å². The van der Waals surface area contributed by atoms with Gasteiger partial charge in [0, 0.05) is 13.8 Å². The summed E-state index contributed by atoms with van der Waals surface area (Å²) in [6.07, 6.45) is 0. The van der Waals surface area contributed by atoms with Crippen molar-refractivity contribution in [3.63, 3.8) is 0 Å². The lowest BCUT2D eigenvalue weighted by atomic mass is 10.6. The number of rotatable bonds is 0. The summed E-state index contributed by atoms with van der Waals surface area (Å²) in [7, 11) is 0. The van der Waals surface area contributed by atoms with E-state index in [9.17, 15) is 19.2 Å². The van der Waals surface area contributed by atoms with Gasteiger partial charge < -0.3 is 0 Å². The molecule has 8 nitrogen and oxygen atoms in total. The first kappa shape index (κ1) is 11.9. The summed E-state index contributed by atoms with van der Waals surface area (Å²) in [5, 5.41) is 0. The highest BCUT2D eigenvalue weighted by molar-refractivity contribution is 6.35. The van der Waals surface area contributed by atoms with Crippen molar-refractivity contribution in [3.05, 3.63) is 0 Å². The Morgan fingerprint density at radius 1 is 0.643 bits per heavy atom. The Labute approximate surface area is 79.3 Å². The van der Waals surface area contributed by atoms with Crippen molar-refractivity contribution in [3.8, 4) is 0 Å². The molecule has 0 saturated carbocycles. The predicted octanol–water partition coefficient (Wildman–Crippen LogP) is -2.68. The molecule has 4 N–H and O–H groups in total. The summed E-state index contributed by atoms with van der Waals surface area (Å²) in [5.74, 6) is -3.22. The van der Waals surface area contributed by atoms with Crippen LogP contribution in [0.4, 0.5) is 0 Å². The molecule has 14 heavy (non-hydrogen) atoms. The van der Waals surface area contributed by atoms with E-state index in [1.54, 1.807) is 10.9 Å². The quantitative estimate of drug-likeness (QED) is 0.253. The van der Waals surface area contributed by atoms with Crippen molar-refractivity contribution in [2.24, 2.45) is 0 Å². The first-order chi connectivity index (χ1) is 6.43. The second-order valence-electron chi connectivity index (χ2n) is 2.27. The zero-order chi connectivity index (χ0) is 11.1. The van der Waals surface area contributed by atoms with E-state index in [0.717, 1.165) is 13.8 Å². The molecule has 0 saturated heterocycles. The summed E-state index contributed by atoms with van der Waals surface area (Å²) < 4.78 is 0. The number of carbonyl (C=O) groups excluding carboxylic acids is 4. The fourth-order valence-electron chi connectivity index (χ4n) is 0.403. The molecule has 0 fully saturated rings. The maximum Gasteiger partial charge on any atom is 0.329 e. The summed E-state index contributed by atoms with van der Waals surface area (Å²) >= 11 is 0. The van der Waals surface area contributed by atoms with E-state index >= 15 is 0 Å². The maximum absolute atomic E-state index is 10.8. The van der Waals surface area contributed by atoms with E-state index in [4.69, 9.17) is 0 Å². The van der Waals surface area contributed by atoms with Gasteiger partial charge in [-0.1, -0.05) is 0 Å². The molecule has 0 spiro atoms. The van der Waals surface area contributed by atoms with Crippen LogP contribution < -0.4 is 21.7 Å². The van der Waals surface area contributed by atoms with Gasteiger partial charge in [-0.3, -0.25) is 40.9 Å². The third kappa shape index (κ3) is 5.52. The van der Waals surface area contributed by atoms with Crippen LogP contribution in [0.3, 0.4) is 0 Å². The SMILES string of the molecule is CC(=O)NNC(=O)C(=O)NNC(C)=O. The van der Waals surface area contributed by atoms with Gasteiger partial charge in [-0.05, 0) is 0 Å². The highest BCUT2D eigenvalue weighted by Crippen LogP contribution is 1.64. The van der Waals surface area contributed by atoms with Crippen LogP contribution in [0.15, 0.2) is 0 Å². The average molecular weight is 202 g/mol. The van der Waals surface area contributed by atoms with Gasteiger partial charge in [-0.15, -0.1) is 0 Å². The maximum atomic E-state index is 10.8. The lowest BCUT2D eigenvalue weighted by Gasteiger charge is -2.05. The van der Waals surface area contributed by atoms with Crippen LogP contribution >= 0.6 is 0 Å². The van der Waals surface area contributed by atoms with Gasteiger partial charge in [0.1, 0.15) is 0 Å². The van der Waals surface area contributed by atoms with Gasteiger partial charge >= 0.3 is 11.8 Å². The second kappa shape index (κ2) is 5.51. The van der Waals surface area contributed by atoms with E-state index in [0.29, 0.717) is 0 Å². The molecule has 0 atom stereocenters. The molecule has 0 radical (unpaired) electrons. The van der Waals surface area contributed by atoms with Crippen LogP contribution in [-0.4, -0.2) is 23.6 Å². The molecule has 0 aromatic rings. The zero-order valence-electron chi connectivity index (χ0n) is 7.63. The molecule has 0 aliphatic rings. The molecule has 0 rings (SSSR count). The van der Waals surface area contributed by atoms with Crippen molar-refractivity contribution in [2.45, 2.75) is 13.8 Å². The minimum Gasteiger partial charge on any atom is -0.274 e. The standard InChI is InChI=1S/C6H10N4O4/c1-3(11)7-9-5(13)6(14)10-8-4(2)12/h1-2H3,(H,7,11)(H,8,12)(H,9,13)(H,10,14). The summed E-state index contributed by atoms with van der Waals surface area (Å²) in [4.78, 5) is 42.2. The van der Waals surface area contributed by atoms with Gasteiger partial charge in [0.25, 0.3) is 0 Å². The fraction of sp³-hybridized carbons (Fsp3) is 0.333. The Balaban J connectivity index is 3.82. The van der Waals surface area contributed by atoms with Crippen molar-refractivity contribution in [1.82, 2.24) is 21.7 Å². The minimum absolute atomic E-state index is 0.523. The molecule has 0 aliphatic heterocycles. The van der Waals surface area contributed by atoms with Crippen LogP contribution in [0, 0.1) is 0 Å². The van der Waals surface area contributed by atoms with E-state index in [-0.39, 0.29) is 0 Å². The molecular formula is C6H10N4O4. The highest BCUT2D eigenvalue weighted by atomic mass is 16.2. The molecule has 8 heteroatoms. The van der Waals surface area contributed by atoms with Crippen LogP contribution in [0.5, 0.6) is 0 Å². The molecule has 78 valence electrons. The molecule has 0 aromatic carbocycles. The van der Waals surface area contributed by atoms with Gasteiger partial charge in [-0.2, -0.15) is 0 Å². The van der Waals surface area contributed by atoms with Crippen molar-refractivity contribution >= 4 is 23.6 Å². The van der Waals surface area contributed by atoms with Crippen LogP contribution in [0.1, 0.15) is 13.8 Å². The topological polar surface area (TPSA) is 116 Å². The summed E-state index contributed by atoms with van der Waals surface area (Å²) in [6.45, 7) is 2.32. The summed E-state index contributed by atoms with van der Waals surface area (Å²) in [6, 6.07) is 0. The number of hydrogen-bond acceptors (Lipinski definition) is 4. The van der Waals surface area contributed by atoms with Crippen LogP contribution in [0.2, 0.25) is 0 Å². The van der Waals surface area contributed by atoms with Crippen LogP contribution in [0.25, 0.3) is 0 Å². The average Bonchev–Trinajstić information content (AvgIpc) is 2.09. The van der Waals surface area contributed by atoms with E-state index in [2.05, 4.69) is 0 Å². The molecule has 0 bridgehead atoms. The minimum atomic E-state index is -1.09. The lowest BCUT2D eigenvalue weighted by Crippen LogP contribution is -2.52. The van der Waals surface area contributed by atoms with E-state index in [1.807, 2.05) is 10.9 Å². The first-order valence-corrected chi connectivity index (χ1v) is 3.57. The molecule has 4 amide bonds. The van der Waals surface area contributed by atoms with Gasteiger partial charge in [0.15, 0.2) is 0 Å². The Hall–Kier alpha value is -2.12.